The minimum atomic E-state index is -4.48. The van der Waals surface area contributed by atoms with Crippen LogP contribution in [0.2, 0.25) is 0 Å². The number of hydrogen-bond acceptors (Lipinski definition) is 4. The molecule has 1 atom stereocenters. The van der Waals surface area contributed by atoms with E-state index in [4.69, 9.17) is 5.14 Å². The Morgan fingerprint density at radius 3 is 2.48 bits per heavy atom. The number of benzene rings is 1. The molecule has 1 aliphatic rings. The van der Waals surface area contributed by atoms with Crippen molar-refractivity contribution >= 4 is 15.9 Å². The number of nitrogens with two attached hydrogens (primary N) is 1. The molecule has 0 fully saturated rings. The van der Waals surface area contributed by atoms with Crippen molar-refractivity contribution in [3.05, 3.63) is 46.8 Å². The predicted molar refractivity (Wildman–Crippen MR) is 107 cm³/mol. The van der Waals surface area contributed by atoms with Gasteiger partial charge < -0.3 is 5.32 Å². The first kappa shape index (κ1) is 23.3. The van der Waals surface area contributed by atoms with Crippen molar-refractivity contribution in [1.82, 2.24) is 15.1 Å². The second-order valence-electron chi connectivity index (χ2n) is 7.80. The van der Waals surface area contributed by atoms with Gasteiger partial charge >= 0.3 is 6.18 Å². The Hall–Kier alpha value is -2.40. The normalized spacial score (nSPS) is 15.4. The molecule has 0 aliphatic heterocycles. The third-order valence-electron chi connectivity index (χ3n) is 5.47. The molecule has 0 spiro atoms. The summed E-state index contributed by atoms with van der Waals surface area (Å²) in [5.41, 5.74) is 0.811. The molecule has 7 nitrogen and oxygen atoms in total. The topological polar surface area (TPSA) is 107 Å². The molecule has 1 heterocycles. The summed E-state index contributed by atoms with van der Waals surface area (Å²) in [6, 6.07) is 5.83. The lowest BCUT2D eigenvalue weighted by Gasteiger charge is -2.16. The van der Waals surface area contributed by atoms with Crippen LogP contribution in [0.15, 0.2) is 29.2 Å². The first-order valence-corrected chi connectivity index (χ1v) is 11.6. The molecule has 1 unspecified atom stereocenters. The van der Waals surface area contributed by atoms with Crippen LogP contribution in [-0.2, 0) is 46.9 Å². The molecule has 31 heavy (non-hydrogen) atoms. The highest BCUT2D eigenvalue weighted by molar-refractivity contribution is 7.89. The summed E-state index contributed by atoms with van der Waals surface area (Å²) in [6.45, 7) is 2.14. The van der Waals surface area contributed by atoms with Crippen LogP contribution in [0.25, 0.3) is 0 Å². The van der Waals surface area contributed by atoms with Gasteiger partial charge in [-0.05, 0) is 49.8 Å². The number of hydrogen-bond donors (Lipinski definition) is 2. The van der Waals surface area contributed by atoms with Gasteiger partial charge in [0.05, 0.1) is 4.90 Å². The van der Waals surface area contributed by atoms with Gasteiger partial charge in [0.25, 0.3) is 0 Å². The fraction of sp³-hybridized carbons (Fsp3) is 0.500. The van der Waals surface area contributed by atoms with Gasteiger partial charge in [-0.3, -0.25) is 9.48 Å². The summed E-state index contributed by atoms with van der Waals surface area (Å²) in [4.78, 5) is 12.4. The van der Waals surface area contributed by atoms with E-state index in [-0.39, 0.29) is 23.9 Å². The number of amides is 1. The molecule has 1 amide bonds. The highest BCUT2D eigenvalue weighted by Gasteiger charge is 2.39. The average molecular weight is 459 g/mol. The number of carbonyl (C=O) groups excluding carboxylic acids is 1. The molecule has 0 saturated heterocycles. The van der Waals surface area contributed by atoms with Gasteiger partial charge in [0.1, 0.15) is 0 Å². The van der Waals surface area contributed by atoms with E-state index in [1.807, 2.05) is 0 Å². The SMILES string of the molecule is CC(CCn1nc(C(F)(F)F)c2c1CCCC2)C(=O)NCc1ccc(S(N)(=O)=O)cc1. The van der Waals surface area contributed by atoms with Gasteiger partial charge in [-0.15, -0.1) is 0 Å². The van der Waals surface area contributed by atoms with Gasteiger partial charge in [-0.25, -0.2) is 13.6 Å². The zero-order valence-electron chi connectivity index (χ0n) is 17.1. The van der Waals surface area contributed by atoms with Gasteiger partial charge in [-0.2, -0.15) is 18.3 Å². The quantitative estimate of drug-likeness (QED) is 0.665. The maximum Gasteiger partial charge on any atom is 0.435 e. The number of halogens is 3. The van der Waals surface area contributed by atoms with E-state index in [9.17, 15) is 26.4 Å². The molecular weight excluding hydrogens is 433 g/mol. The average Bonchev–Trinajstić information content (AvgIpc) is 3.09. The molecule has 1 aromatic heterocycles. The summed E-state index contributed by atoms with van der Waals surface area (Å²) in [7, 11) is -3.78. The maximum absolute atomic E-state index is 13.3. The third-order valence-corrected chi connectivity index (χ3v) is 6.39. The zero-order valence-corrected chi connectivity index (χ0v) is 17.9. The lowest BCUT2D eigenvalue weighted by Crippen LogP contribution is -2.29. The number of alkyl halides is 3. The summed E-state index contributed by atoms with van der Waals surface area (Å²) in [6.07, 6.45) is -1.64. The summed E-state index contributed by atoms with van der Waals surface area (Å²) in [5.74, 6) is -0.672. The van der Waals surface area contributed by atoms with Crippen molar-refractivity contribution in [2.75, 3.05) is 0 Å². The number of rotatable bonds is 7. The maximum atomic E-state index is 13.3. The summed E-state index contributed by atoms with van der Waals surface area (Å²) >= 11 is 0. The van der Waals surface area contributed by atoms with Crippen LogP contribution in [0.5, 0.6) is 0 Å². The van der Waals surface area contributed by atoms with Crippen LogP contribution < -0.4 is 10.5 Å². The molecule has 1 aromatic carbocycles. The van der Waals surface area contributed by atoms with Crippen LogP contribution in [0.3, 0.4) is 0 Å². The fourth-order valence-electron chi connectivity index (χ4n) is 3.69. The number of aromatic nitrogens is 2. The lowest BCUT2D eigenvalue weighted by molar-refractivity contribution is -0.142. The Morgan fingerprint density at radius 1 is 1.23 bits per heavy atom. The van der Waals surface area contributed by atoms with Gasteiger partial charge in [-0.1, -0.05) is 19.1 Å². The summed E-state index contributed by atoms with van der Waals surface area (Å²) < 4.78 is 63.8. The Morgan fingerprint density at radius 2 is 1.87 bits per heavy atom. The molecule has 170 valence electrons. The Balaban J connectivity index is 1.58. The van der Waals surface area contributed by atoms with Crippen molar-refractivity contribution in [2.24, 2.45) is 11.1 Å². The number of aryl methyl sites for hydroxylation is 1. The largest absolute Gasteiger partial charge is 0.435 e. The molecule has 3 N–H and O–H groups in total. The van der Waals surface area contributed by atoms with Crippen LogP contribution >= 0.6 is 0 Å². The molecule has 3 rings (SSSR count). The van der Waals surface area contributed by atoms with E-state index in [2.05, 4.69) is 10.4 Å². The molecule has 0 radical (unpaired) electrons. The van der Waals surface area contributed by atoms with Gasteiger partial charge in [0.15, 0.2) is 5.69 Å². The minimum Gasteiger partial charge on any atom is -0.352 e. The van der Waals surface area contributed by atoms with E-state index in [0.717, 1.165) is 12.8 Å². The van der Waals surface area contributed by atoms with Gasteiger partial charge in [0.2, 0.25) is 15.9 Å². The van der Waals surface area contributed by atoms with Gasteiger partial charge in [0, 0.05) is 30.3 Å². The highest BCUT2D eigenvalue weighted by Crippen LogP contribution is 2.36. The van der Waals surface area contributed by atoms with Crippen LogP contribution in [0.1, 0.15) is 48.7 Å². The van der Waals surface area contributed by atoms with E-state index in [0.29, 0.717) is 36.1 Å². The first-order chi connectivity index (χ1) is 14.5. The number of nitrogens with one attached hydrogen (secondary N) is 1. The number of carbonyl (C=O) groups is 1. The molecule has 0 bridgehead atoms. The number of fused-ring (bicyclic) bond motifs is 1. The number of sulfonamides is 1. The van der Waals surface area contributed by atoms with Crippen LogP contribution in [0, 0.1) is 5.92 Å². The fourth-order valence-corrected chi connectivity index (χ4v) is 4.21. The second-order valence-corrected chi connectivity index (χ2v) is 9.36. The molecular formula is C20H25F3N4O3S. The molecule has 11 heteroatoms. The van der Waals surface area contributed by atoms with Crippen molar-refractivity contribution < 1.29 is 26.4 Å². The predicted octanol–water partition coefficient (Wildman–Crippen LogP) is 2.77. The van der Waals surface area contributed by atoms with Crippen molar-refractivity contribution in [1.29, 1.82) is 0 Å². The van der Waals surface area contributed by atoms with E-state index < -0.39 is 27.8 Å². The van der Waals surface area contributed by atoms with E-state index >= 15 is 0 Å². The Bertz CT molecular complexity index is 1050. The second kappa shape index (κ2) is 8.99. The monoisotopic (exact) mass is 458 g/mol. The highest BCUT2D eigenvalue weighted by atomic mass is 32.2. The van der Waals surface area contributed by atoms with Crippen LogP contribution in [0.4, 0.5) is 13.2 Å². The van der Waals surface area contributed by atoms with E-state index in [1.54, 1.807) is 19.1 Å². The third kappa shape index (κ3) is 5.65. The number of primary sulfonamides is 1. The summed E-state index contributed by atoms with van der Waals surface area (Å²) in [5, 5.41) is 11.6. The van der Waals surface area contributed by atoms with Crippen molar-refractivity contribution in [3.8, 4) is 0 Å². The first-order valence-electron chi connectivity index (χ1n) is 10.0. The molecule has 0 saturated carbocycles. The minimum absolute atomic E-state index is 0.0169. The van der Waals surface area contributed by atoms with E-state index in [1.165, 1.54) is 16.8 Å². The molecule has 2 aromatic rings. The van der Waals surface area contributed by atoms with Crippen LogP contribution in [-0.4, -0.2) is 24.1 Å². The zero-order chi connectivity index (χ0) is 22.8. The van der Waals surface area contributed by atoms with Crippen molar-refractivity contribution in [3.63, 3.8) is 0 Å². The smallest absolute Gasteiger partial charge is 0.352 e. The lowest BCUT2D eigenvalue weighted by atomic mass is 9.95. The Kier molecular flexibility index (Phi) is 6.75. The standard InChI is InChI=1S/C20H25F3N4O3S/c1-13(19(28)25-12-14-6-8-15(9-7-14)31(24,29)30)10-11-27-17-5-3-2-4-16(17)18(26-27)20(21,22)23/h6-9,13H,2-5,10-12H2,1H3,(H,25,28)(H2,24,29,30). The van der Waals surface area contributed by atoms with Crippen molar-refractivity contribution in [2.45, 2.75) is 63.2 Å². The molecule has 1 aliphatic carbocycles. The Labute approximate surface area is 178 Å². The number of nitrogens with zero attached hydrogens (tertiary/aromatic N) is 2.